The molecule has 0 aliphatic rings. The van der Waals surface area contributed by atoms with E-state index in [1.807, 2.05) is 220 Å². The van der Waals surface area contributed by atoms with E-state index < -0.39 is 25.1 Å². The van der Waals surface area contributed by atoms with Gasteiger partial charge in [-0.05, 0) is 101 Å². The number of anilines is 4. The molecule has 678 valence electrons. The molecule has 30 nitrogen and oxygen atoms in total. The summed E-state index contributed by atoms with van der Waals surface area (Å²) in [5.74, 6) is 1.71. The standard InChI is InChI=1S/C27H24N4O5S2.2C27H22N4O4S.C18H13N3O2S2/c32-16-19-5-4-8-21(13-19)25-15-28-27(36-25)30-23(14-18-9-11-22(12-10-18)31-38(33,34)35)24-17-37-26(29-24)20-6-2-1-3-7-20;2*32-16-19-5-4-8-21(13-19)25-15-28-27(35-25)30-23(14-18-9-11-22(12-10-18)31(33)34)24-17-36-26(29-24)20-6-2-1-3-7-20;22-21(23)15-8-6-13(7-9-15)10-16(19-12-24)17-11-25-18(20-17)14-4-2-1-3-5-14/h1-13,15,17,23,31-32H,14,16H2,(H,28,30)(H,33,34,35);2*1-13,15,17,23,32H,14,16H2,(H,28,30);1-9,11,16H,10H2/t3*23-;16-/m0000/s1. The van der Waals surface area contributed by atoms with Gasteiger partial charge in [-0.3, -0.25) is 39.6 Å². The second-order valence-electron chi connectivity index (χ2n) is 30.1. The Morgan fingerprint density at radius 2 is 0.637 bits per heavy atom. The normalized spacial score (nSPS) is 11.9. The van der Waals surface area contributed by atoms with E-state index in [0.717, 1.165) is 121 Å². The minimum atomic E-state index is -4.35. The summed E-state index contributed by atoms with van der Waals surface area (Å²) >= 11 is 11.0. The molecule has 0 unspecified atom stereocenters. The summed E-state index contributed by atoms with van der Waals surface area (Å²) in [6.07, 6.45) is 7.00. The van der Waals surface area contributed by atoms with Crippen LogP contribution >= 0.6 is 57.6 Å². The fourth-order valence-electron chi connectivity index (χ4n) is 14.0. The van der Waals surface area contributed by atoms with Gasteiger partial charge in [-0.2, -0.15) is 8.42 Å². The number of hydrogen-bond donors (Lipinski definition) is 8. The fraction of sp³-hybridized carbons (Fsp3) is 0.111. The molecule has 0 spiro atoms. The van der Waals surface area contributed by atoms with E-state index in [0.29, 0.717) is 61.0 Å². The minimum Gasteiger partial charge on any atom is -0.424 e. The van der Waals surface area contributed by atoms with Crippen LogP contribution in [0, 0.1) is 30.3 Å². The summed E-state index contributed by atoms with van der Waals surface area (Å²) in [5, 5.41) is 85.2. The molecule has 0 aliphatic carbocycles. The van der Waals surface area contributed by atoms with E-state index in [4.69, 9.17) is 45.0 Å². The van der Waals surface area contributed by atoms with Crippen molar-refractivity contribution in [1.82, 2.24) is 34.9 Å². The van der Waals surface area contributed by atoms with Crippen LogP contribution in [0.2, 0.25) is 0 Å². The molecule has 4 atom stereocenters. The van der Waals surface area contributed by atoms with Gasteiger partial charge in [0, 0.05) is 103 Å². The quantitative estimate of drug-likeness (QED) is 0.00610. The first-order chi connectivity index (χ1) is 65.7. The molecule has 18 rings (SSSR count). The smallest absolute Gasteiger partial charge is 0.357 e. The van der Waals surface area contributed by atoms with Gasteiger partial charge in [-0.25, -0.2) is 39.9 Å². The number of rotatable bonds is 34. The number of aliphatic hydroxyl groups is 3. The predicted octanol–water partition coefficient (Wildman–Crippen LogP) is 23.2. The number of nitro benzene ring substituents is 3. The minimum absolute atomic E-state index is 0.0470. The zero-order chi connectivity index (χ0) is 94.0. The van der Waals surface area contributed by atoms with Gasteiger partial charge < -0.3 is 44.5 Å². The van der Waals surface area contributed by atoms with Crippen molar-refractivity contribution in [3.8, 4) is 76.3 Å². The van der Waals surface area contributed by atoms with Crippen LogP contribution in [0.15, 0.2) is 350 Å². The van der Waals surface area contributed by atoms with Crippen molar-refractivity contribution >= 4 is 114 Å². The number of thiocarbonyl (C=S) groups is 1. The lowest BCUT2D eigenvalue weighted by Crippen LogP contribution is -2.15. The summed E-state index contributed by atoms with van der Waals surface area (Å²) in [5.41, 5.74) is 16.2. The third-order valence-corrected chi connectivity index (χ3v) is 25.0. The van der Waals surface area contributed by atoms with Gasteiger partial charge in [0.2, 0.25) is 0 Å². The maximum atomic E-state index is 11.1. The number of nitrogens with one attached hydrogen (secondary N) is 4. The molecule has 0 aliphatic heterocycles. The Bertz CT molecular complexity index is 6920. The Morgan fingerprint density at radius 3 is 0.919 bits per heavy atom. The number of aliphatic imine (C=N–C) groups is 1. The van der Waals surface area contributed by atoms with Crippen molar-refractivity contribution in [2.24, 2.45) is 4.99 Å². The summed E-state index contributed by atoms with van der Waals surface area (Å²) in [7, 11) is -4.35. The predicted molar refractivity (Wildman–Crippen MR) is 526 cm³/mol. The average molecular weight is 1910 g/mol. The van der Waals surface area contributed by atoms with Crippen molar-refractivity contribution in [2.75, 3.05) is 20.7 Å². The summed E-state index contributed by atoms with van der Waals surface area (Å²) in [6.45, 7) is -0.183. The Morgan fingerprint density at radius 1 is 0.363 bits per heavy atom. The molecule has 7 aromatic heterocycles. The first-order valence-electron chi connectivity index (χ1n) is 41.6. The molecule has 0 radical (unpaired) electrons. The molecular formula is C99H81N15O15S6. The number of nitro groups is 3. The highest BCUT2D eigenvalue weighted by atomic mass is 32.2. The van der Waals surface area contributed by atoms with E-state index >= 15 is 0 Å². The molecule has 18 aromatic rings. The van der Waals surface area contributed by atoms with Crippen molar-refractivity contribution in [1.29, 1.82) is 0 Å². The second kappa shape index (κ2) is 45.6. The Hall–Kier alpha value is -15.4. The van der Waals surface area contributed by atoms with Gasteiger partial charge in [0.05, 0.1) is 105 Å². The molecule has 11 aromatic carbocycles. The Kier molecular flexibility index (Phi) is 31.8. The van der Waals surface area contributed by atoms with Crippen LogP contribution in [0.25, 0.3) is 76.3 Å². The van der Waals surface area contributed by atoms with Crippen LogP contribution in [-0.2, 0) is 55.8 Å². The first-order valence-corrected chi connectivity index (χ1v) is 47.0. The molecule has 135 heavy (non-hydrogen) atoms. The largest absolute Gasteiger partial charge is 0.424 e. The molecule has 0 saturated carbocycles. The van der Waals surface area contributed by atoms with Gasteiger partial charge in [0.15, 0.2) is 17.3 Å². The maximum Gasteiger partial charge on any atom is 0.357 e. The third-order valence-electron chi connectivity index (χ3n) is 20.8. The van der Waals surface area contributed by atoms with E-state index in [2.05, 4.69) is 46.0 Å². The highest BCUT2D eigenvalue weighted by molar-refractivity contribution is 7.87. The molecule has 8 N–H and O–H groups in total. The number of aromatic nitrogens is 7. The summed E-state index contributed by atoms with van der Waals surface area (Å²) in [6, 6.07) is 88.0. The van der Waals surface area contributed by atoms with E-state index in [-0.39, 0.29) is 66.7 Å². The molecule has 0 fully saturated rings. The van der Waals surface area contributed by atoms with E-state index in [1.165, 1.54) is 47.7 Å². The number of non-ortho nitro benzene ring substituents is 3. The van der Waals surface area contributed by atoms with Gasteiger partial charge in [-0.1, -0.05) is 224 Å². The molecule has 0 bridgehead atoms. The number of benzene rings is 11. The summed E-state index contributed by atoms with van der Waals surface area (Å²) < 4.78 is 51.2. The van der Waals surface area contributed by atoms with Crippen molar-refractivity contribution in [2.45, 2.75) is 69.7 Å². The van der Waals surface area contributed by atoms with Gasteiger partial charge in [-0.15, -0.1) is 45.3 Å². The number of aliphatic hydroxyl groups excluding tert-OH is 3. The number of nitrogens with zero attached hydrogens (tertiary/aromatic N) is 11. The van der Waals surface area contributed by atoms with Crippen molar-refractivity contribution in [3.63, 3.8) is 0 Å². The molecule has 0 saturated heterocycles. The third kappa shape index (κ3) is 26.3. The lowest BCUT2D eigenvalue weighted by atomic mass is 10.0. The zero-order valence-electron chi connectivity index (χ0n) is 71.2. The van der Waals surface area contributed by atoms with Crippen molar-refractivity contribution < 1.29 is 56.3 Å². The lowest BCUT2D eigenvalue weighted by molar-refractivity contribution is -0.385. The maximum absolute atomic E-state index is 11.1. The van der Waals surface area contributed by atoms with E-state index in [1.54, 1.807) is 113 Å². The van der Waals surface area contributed by atoms with Crippen LogP contribution in [-0.4, -0.2) is 83.1 Å². The molecule has 36 heteroatoms. The van der Waals surface area contributed by atoms with Crippen LogP contribution in [0.3, 0.4) is 0 Å². The Balaban J connectivity index is 0.000000138. The zero-order valence-corrected chi connectivity index (χ0v) is 76.1. The lowest BCUT2D eigenvalue weighted by Gasteiger charge is -2.16. The number of isothiocyanates is 1. The van der Waals surface area contributed by atoms with Gasteiger partial charge in [0.1, 0.15) is 26.1 Å². The fourth-order valence-corrected chi connectivity index (χ4v) is 18.1. The van der Waals surface area contributed by atoms with Crippen LogP contribution in [0.1, 0.15) is 85.9 Å². The van der Waals surface area contributed by atoms with Crippen LogP contribution in [0.5, 0.6) is 0 Å². The highest BCUT2D eigenvalue weighted by Gasteiger charge is 2.26. The monoisotopic (exact) mass is 1910 g/mol. The van der Waals surface area contributed by atoms with Gasteiger partial charge in [0.25, 0.3) is 35.1 Å². The number of thiazole rings is 4. The van der Waals surface area contributed by atoms with Crippen LogP contribution in [0.4, 0.5) is 40.8 Å². The Labute approximate surface area is 794 Å². The topological polar surface area (TPSA) is 435 Å². The average Bonchev–Trinajstić information content (AvgIpc) is 1.70. The molecule has 0 amide bonds. The summed E-state index contributed by atoms with van der Waals surface area (Å²) in [4.78, 5) is 68.3. The molecule has 7 heterocycles. The SMILES string of the molecule is O=S(=O)(O)Nc1ccc(C[C@H](Nc2ncc(-c3cccc(CO)c3)o2)c2csc(-c3ccccc3)n2)cc1.O=[N+]([O-])c1ccc(C[C@H](N=C=S)c2csc(-c3ccccc3)n2)cc1.O=[N+]([O-])c1ccc(C[C@H](Nc2ncc(-c3cccc(CO)c3)o2)c2csc(-c3ccccc3)n2)cc1.O=[N+]([O-])c1ccc(C[C@H](Nc2ncc(-c3cccc(CO)c3)o2)c2csc(-c3ccccc3)n2)cc1. The van der Waals surface area contributed by atoms with Crippen molar-refractivity contribution in [3.05, 3.63) is 423 Å². The van der Waals surface area contributed by atoms with Crippen LogP contribution < -0.4 is 20.7 Å². The number of oxazole rings is 3. The van der Waals surface area contributed by atoms with Gasteiger partial charge >= 0.3 is 10.3 Å². The highest BCUT2D eigenvalue weighted by Crippen LogP contribution is 2.38. The first kappa shape index (κ1) is 94.2. The molecular weight excluding hydrogens is 1830 g/mol. The van der Waals surface area contributed by atoms with E-state index in [9.17, 15) is 54.1 Å². The second-order valence-corrected chi connectivity index (χ2v) is 34.9. The number of hydrogen-bond acceptors (Lipinski definition) is 30.